The van der Waals surface area contributed by atoms with Gasteiger partial charge in [0.25, 0.3) is 0 Å². The van der Waals surface area contributed by atoms with Crippen molar-refractivity contribution in [3.05, 3.63) is 41.3 Å². The molecule has 0 fully saturated rings. The lowest BCUT2D eigenvalue weighted by Crippen LogP contribution is -2.23. The monoisotopic (exact) mass is 315 g/mol. The van der Waals surface area contributed by atoms with Gasteiger partial charge in [-0.1, -0.05) is 11.6 Å². The second-order valence-corrected chi connectivity index (χ2v) is 5.53. The molecule has 3 aromatic rings. The minimum atomic E-state index is 0.719. The van der Waals surface area contributed by atoms with E-state index in [4.69, 9.17) is 11.6 Å². The number of fused-ring (bicyclic) bond motifs is 1. The zero-order valence-electron chi connectivity index (χ0n) is 12.9. The molecule has 0 saturated carbocycles. The normalized spacial score (nSPS) is 11.1. The molecule has 0 aliphatic carbocycles. The van der Waals surface area contributed by atoms with E-state index in [-0.39, 0.29) is 0 Å². The second kappa shape index (κ2) is 5.93. The summed E-state index contributed by atoms with van der Waals surface area (Å²) in [4.78, 5) is 11.1. The summed E-state index contributed by atoms with van der Waals surface area (Å²) in [5.41, 5.74) is 2.84. The van der Waals surface area contributed by atoms with Crippen molar-refractivity contribution >= 4 is 28.5 Å². The summed E-state index contributed by atoms with van der Waals surface area (Å²) in [6.07, 6.45) is 3.43. The Balaban J connectivity index is 2.19. The van der Waals surface area contributed by atoms with E-state index in [1.165, 1.54) is 0 Å². The number of aryl methyl sites for hydroxylation is 1. The molecule has 0 spiro atoms. The molecule has 3 rings (SSSR count). The van der Waals surface area contributed by atoms with Crippen LogP contribution in [0, 0.1) is 6.92 Å². The fraction of sp³-hybridized carbons (Fsp3) is 0.312. The van der Waals surface area contributed by atoms with E-state index >= 15 is 0 Å². The first-order chi connectivity index (χ1) is 10.7. The maximum Gasteiger partial charge on any atom is 0.168 e. The largest absolute Gasteiger partial charge is 0.356 e. The fourth-order valence-corrected chi connectivity index (χ4v) is 2.87. The van der Waals surface area contributed by atoms with E-state index < -0.39 is 0 Å². The van der Waals surface area contributed by atoms with Crippen LogP contribution in [0.4, 0.5) is 5.82 Å². The van der Waals surface area contributed by atoms with Crippen LogP contribution >= 0.6 is 11.6 Å². The van der Waals surface area contributed by atoms with Gasteiger partial charge in [-0.25, -0.2) is 14.6 Å². The van der Waals surface area contributed by atoms with E-state index in [0.717, 1.165) is 46.2 Å². The quantitative estimate of drug-likeness (QED) is 0.737. The molecule has 0 bridgehead atoms. The van der Waals surface area contributed by atoms with Gasteiger partial charge in [0, 0.05) is 18.1 Å². The van der Waals surface area contributed by atoms with Crippen LogP contribution in [-0.2, 0) is 0 Å². The average molecular weight is 316 g/mol. The van der Waals surface area contributed by atoms with Gasteiger partial charge in [0.15, 0.2) is 5.65 Å². The number of aromatic nitrogens is 4. The van der Waals surface area contributed by atoms with Gasteiger partial charge >= 0.3 is 0 Å². The smallest absolute Gasteiger partial charge is 0.168 e. The molecule has 0 aliphatic rings. The molecule has 114 valence electrons. The van der Waals surface area contributed by atoms with Gasteiger partial charge in [-0.15, -0.1) is 0 Å². The van der Waals surface area contributed by atoms with Gasteiger partial charge in [0.1, 0.15) is 12.1 Å². The Morgan fingerprint density at radius 1 is 1.18 bits per heavy atom. The third-order valence-electron chi connectivity index (χ3n) is 3.79. The molecule has 5 nitrogen and oxygen atoms in total. The SMILES string of the molecule is CCN(CC)c1ncnc2c1cnn2-c1ccc(Cl)cc1C. The summed E-state index contributed by atoms with van der Waals surface area (Å²) in [5.74, 6) is 0.924. The summed E-state index contributed by atoms with van der Waals surface area (Å²) in [6.45, 7) is 8.04. The highest BCUT2D eigenvalue weighted by molar-refractivity contribution is 6.30. The highest BCUT2D eigenvalue weighted by Gasteiger charge is 2.15. The van der Waals surface area contributed by atoms with Crippen LogP contribution in [-0.4, -0.2) is 32.8 Å². The van der Waals surface area contributed by atoms with Gasteiger partial charge in [-0.05, 0) is 44.5 Å². The zero-order valence-corrected chi connectivity index (χ0v) is 13.7. The third-order valence-corrected chi connectivity index (χ3v) is 4.03. The Morgan fingerprint density at radius 3 is 2.64 bits per heavy atom. The standard InChI is InChI=1S/C16H18ClN5/c1-4-21(5-2)15-13-9-20-22(16(13)19-10-18-15)14-7-6-12(17)8-11(14)3/h6-10H,4-5H2,1-3H3. The van der Waals surface area contributed by atoms with Gasteiger partial charge in [0.2, 0.25) is 0 Å². The number of anilines is 1. The number of rotatable bonds is 4. The van der Waals surface area contributed by atoms with Crippen LogP contribution in [0.2, 0.25) is 5.02 Å². The molecule has 2 heterocycles. The van der Waals surface area contributed by atoms with Gasteiger partial charge in [0.05, 0.1) is 17.3 Å². The lowest BCUT2D eigenvalue weighted by Gasteiger charge is -2.19. The molecule has 22 heavy (non-hydrogen) atoms. The van der Waals surface area contributed by atoms with Crippen LogP contribution < -0.4 is 4.90 Å². The van der Waals surface area contributed by atoms with E-state index in [9.17, 15) is 0 Å². The molecule has 0 amide bonds. The van der Waals surface area contributed by atoms with Gasteiger partial charge in [-0.2, -0.15) is 5.10 Å². The summed E-state index contributed by atoms with van der Waals surface area (Å²) >= 11 is 6.04. The number of benzene rings is 1. The van der Waals surface area contributed by atoms with Crippen LogP contribution in [0.15, 0.2) is 30.7 Å². The van der Waals surface area contributed by atoms with Crippen molar-refractivity contribution in [2.75, 3.05) is 18.0 Å². The topological polar surface area (TPSA) is 46.8 Å². The van der Waals surface area contributed by atoms with Crippen LogP contribution in [0.5, 0.6) is 0 Å². The fourth-order valence-electron chi connectivity index (χ4n) is 2.64. The zero-order chi connectivity index (χ0) is 15.7. The van der Waals surface area contributed by atoms with Gasteiger partial charge < -0.3 is 4.90 Å². The first kappa shape index (κ1) is 14.8. The van der Waals surface area contributed by atoms with Crippen molar-refractivity contribution in [2.24, 2.45) is 0 Å². The average Bonchev–Trinajstić information content (AvgIpc) is 2.93. The Kier molecular flexibility index (Phi) is 3.98. The minimum Gasteiger partial charge on any atom is -0.356 e. The summed E-state index contributed by atoms with van der Waals surface area (Å²) < 4.78 is 1.84. The number of hydrogen-bond acceptors (Lipinski definition) is 4. The maximum absolute atomic E-state index is 6.04. The van der Waals surface area contributed by atoms with Gasteiger partial charge in [-0.3, -0.25) is 0 Å². The molecule has 0 aliphatic heterocycles. The summed E-state index contributed by atoms with van der Waals surface area (Å²) in [6, 6.07) is 5.75. The van der Waals surface area contributed by atoms with Crippen LogP contribution in [0.25, 0.3) is 16.7 Å². The summed E-state index contributed by atoms with van der Waals surface area (Å²) in [5, 5.41) is 6.19. The highest BCUT2D eigenvalue weighted by Crippen LogP contribution is 2.26. The maximum atomic E-state index is 6.04. The number of halogens is 1. The molecule has 0 saturated heterocycles. The molecule has 0 unspecified atom stereocenters. The van der Waals surface area contributed by atoms with Crippen LogP contribution in [0.1, 0.15) is 19.4 Å². The Bertz CT molecular complexity index is 807. The van der Waals surface area contributed by atoms with Crippen molar-refractivity contribution in [3.8, 4) is 5.69 Å². The van der Waals surface area contributed by atoms with E-state index in [2.05, 4.69) is 33.8 Å². The van der Waals surface area contributed by atoms with E-state index in [1.807, 2.05) is 36.0 Å². The summed E-state index contributed by atoms with van der Waals surface area (Å²) in [7, 11) is 0. The lowest BCUT2D eigenvalue weighted by atomic mass is 10.2. The number of hydrogen-bond donors (Lipinski definition) is 0. The van der Waals surface area contributed by atoms with Crippen LogP contribution in [0.3, 0.4) is 0 Å². The molecule has 1 aromatic carbocycles. The van der Waals surface area contributed by atoms with E-state index in [1.54, 1.807) is 6.33 Å². The molecular formula is C16H18ClN5. The minimum absolute atomic E-state index is 0.719. The molecule has 6 heteroatoms. The van der Waals surface area contributed by atoms with Crippen molar-refractivity contribution < 1.29 is 0 Å². The first-order valence-corrected chi connectivity index (χ1v) is 7.73. The predicted molar refractivity (Wildman–Crippen MR) is 90.0 cm³/mol. The van der Waals surface area contributed by atoms with Crippen molar-refractivity contribution in [3.63, 3.8) is 0 Å². The van der Waals surface area contributed by atoms with Crippen molar-refractivity contribution in [2.45, 2.75) is 20.8 Å². The molecule has 0 atom stereocenters. The molecular weight excluding hydrogens is 298 g/mol. The van der Waals surface area contributed by atoms with E-state index in [0.29, 0.717) is 0 Å². The third kappa shape index (κ3) is 2.41. The molecule has 0 N–H and O–H groups in total. The Hall–Kier alpha value is -2.14. The predicted octanol–water partition coefficient (Wildman–Crippen LogP) is 3.62. The first-order valence-electron chi connectivity index (χ1n) is 7.35. The van der Waals surface area contributed by atoms with Crippen molar-refractivity contribution in [1.82, 2.24) is 19.7 Å². The number of nitrogens with zero attached hydrogens (tertiary/aromatic N) is 5. The second-order valence-electron chi connectivity index (χ2n) is 5.09. The Labute approximate surface area is 134 Å². The van der Waals surface area contributed by atoms with Crippen molar-refractivity contribution in [1.29, 1.82) is 0 Å². The lowest BCUT2D eigenvalue weighted by molar-refractivity contribution is 0.847. The molecule has 0 radical (unpaired) electrons. The Morgan fingerprint density at radius 2 is 1.95 bits per heavy atom. The highest BCUT2D eigenvalue weighted by atomic mass is 35.5. The molecule has 2 aromatic heterocycles.